The number of aryl methyl sites for hydroxylation is 2. The van der Waals surface area contributed by atoms with Gasteiger partial charge >= 0.3 is 13.1 Å². The number of thioether (sulfide) groups is 1. The smallest absolute Gasteiger partial charge is 0.535 e. The summed E-state index contributed by atoms with van der Waals surface area (Å²) in [6.07, 6.45) is 1.27. The van der Waals surface area contributed by atoms with Crippen LogP contribution in [0.3, 0.4) is 0 Å². The Bertz CT molecular complexity index is 770. The number of carbonyl (C=O) groups is 1. The number of carboxylic acids is 1. The highest BCUT2D eigenvalue weighted by molar-refractivity contribution is 8.01. The molecule has 24 heavy (non-hydrogen) atoms. The minimum absolute atomic E-state index is 0.124. The molecule has 0 radical (unpaired) electrons. The number of aromatic carboxylic acids is 1. The number of hydrogen-bond acceptors (Lipinski definition) is 8. The summed E-state index contributed by atoms with van der Waals surface area (Å²) >= 11 is 2.92. The van der Waals surface area contributed by atoms with Crippen molar-refractivity contribution in [1.82, 2.24) is 10.2 Å². The summed E-state index contributed by atoms with van der Waals surface area (Å²) in [4.78, 5) is 11.4. The van der Waals surface area contributed by atoms with Crippen molar-refractivity contribution in [3.8, 4) is 5.75 Å². The molecule has 0 saturated carbocycles. The zero-order valence-corrected chi connectivity index (χ0v) is 14.6. The lowest BCUT2D eigenvalue weighted by Crippen LogP contribution is -2.41. The molecule has 0 bridgehead atoms. The van der Waals surface area contributed by atoms with Crippen LogP contribution in [0.4, 0.5) is 5.13 Å². The molecule has 1 aromatic carbocycles. The normalized spacial score (nSPS) is 16.6. The maximum atomic E-state index is 11.4. The minimum Gasteiger partial charge on any atom is -0.535 e. The Labute approximate surface area is 147 Å². The highest BCUT2D eigenvalue weighted by Crippen LogP contribution is 2.35. The molecule has 0 aliphatic carbocycles. The zero-order valence-electron chi connectivity index (χ0n) is 12.9. The number of fused-ring (bicyclic) bond motifs is 1. The van der Waals surface area contributed by atoms with E-state index in [-0.39, 0.29) is 16.5 Å². The summed E-state index contributed by atoms with van der Waals surface area (Å²) in [6.45, 7) is 1.72. The Balaban J connectivity index is 1.68. The number of rotatable bonds is 5. The van der Waals surface area contributed by atoms with Crippen molar-refractivity contribution in [2.75, 3.05) is 11.5 Å². The van der Waals surface area contributed by atoms with E-state index in [4.69, 9.17) is 10.4 Å². The lowest BCUT2D eigenvalue weighted by atomic mass is 9.77. The van der Waals surface area contributed by atoms with Crippen LogP contribution in [0.25, 0.3) is 0 Å². The second kappa shape index (κ2) is 7.00. The van der Waals surface area contributed by atoms with Crippen LogP contribution >= 0.6 is 23.1 Å². The molecule has 126 valence electrons. The van der Waals surface area contributed by atoms with Crippen molar-refractivity contribution in [2.24, 2.45) is 0 Å². The molecule has 0 amide bonds. The number of anilines is 1. The number of carboxylic acid groups (broad SMARTS) is 1. The van der Waals surface area contributed by atoms with Crippen molar-refractivity contribution in [2.45, 2.75) is 24.9 Å². The fourth-order valence-electron chi connectivity index (χ4n) is 2.61. The molecule has 7 nitrogen and oxygen atoms in total. The highest BCUT2D eigenvalue weighted by Gasteiger charge is 2.37. The monoisotopic (exact) mass is 365 g/mol. The number of nitrogens with two attached hydrogens (primary N) is 1. The van der Waals surface area contributed by atoms with Gasteiger partial charge in [0, 0.05) is 6.42 Å². The molecule has 0 saturated heterocycles. The molecular weight excluding hydrogens is 349 g/mol. The summed E-state index contributed by atoms with van der Waals surface area (Å²) in [7, 11) is -1.04. The van der Waals surface area contributed by atoms with Gasteiger partial charge in [-0.1, -0.05) is 23.5 Å². The predicted octanol–water partition coefficient (Wildman–Crippen LogP) is 1.43. The van der Waals surface area contributed by atoms with Crippen molar-refractivity contribution in [3.05, 3.63) is 33.8 Å². The maximum Gasteiger partial charge on any atom is 0.536 e. The fraction of sp³-hybridized carbons (Fsp3) is 0.357. The third-order valence-corrected chi connectivity index (χ3v) is 5.85. The van der Waals surface area contributed by atoms with E-state index in [1.165, 1.54) is 11.3 Å². The van der Waals surface area contributed by atoms with E-state index in [0.717, 1.165) is 16.3 Å². The largest absolute Gasteiger partial charge is 0.536 e. The minimum atomic E-state index is -1.04. The second-order valence-corrected chi connectivity index (χ2v) is 7.90. The van der Waals surface area contributed by atoms with Gasteiger partial charge < -0.3 is 20.5 Å². The van der Waals surface area contributed by atoms with E-state index < -0.39 is 13.1 Å². The summed E-state index contributed by atoms with van der Waals surface area (Å²) < 4.78 is 5.53. The van der Waals surface area contributed by atoms with E-state index in [9.17, 15) is 14.9 Å². The molecule has 0 unspecified atom stereocenters. The third kappa shape index (κ3) is 3.50. The molecule has 1 atom stereocenters. The van der Waals surface area contributed by atoms with Crippen molar-refractivity contribution in [3.63, 3.8) is 0 Å². The van der Waals surface area contributed by atoms with E-state index in [0.29, 0.717) is 23.5 Å². The Hall–Kier alpha value is -1.78. The Morgan fingerprint density at radius 2 is 2.33 bits per heavy atom. The number of nitrogens with zero attached hydrogens (tertiary/aromatic N) is 2. The lowest BCUT2D eigenvalue weighted by molar-refractivity contribution is 0.0693. The molecule has 2 aromatic rings. The van der Waals surface area contributed by atoms with Gasteiger partial charge in [-0.2, -0.15) is 11.8 Å². The topological polar surface area (TPSA) is 119 Å². The number of nitrogen functional groups attached to an aromatic ring is 1. The Morgan fingerprint density at radius 3 is 3.00 bits per heavy atom. The van der Waals surface area contributed by atoms with Crippen LogP contribution in [0, 0.1) is 6.92 Å². The van der Waals surface area contributed by atoms with Gasteiger partial charge in [0.2, 0.25) is 5.13 Å². The Morgan fingerprint density at radius 1 is 1.54 bits per heavy atom. The van der Waals surface area contributed by atoms with E-state index >= 15 is 0 Å². The molecule has 0 spiro atoms. The van der Waals surface area contributed by atoms with Crippen LogP contribution < -0.4 is 10.4 Å². The first kappa shape index (κ1) is 17.1. The van der Waals surface area contributed by atoms with Gasteiger partial charge in [-0.3, -0.25) is 0 Å². The summed E-state index contributed by atoms with van der Waals surface area (Å²) in [5.74, 6) is -0.0209. The van der Waals surface area contributed by atoms with Crippen molar-refractivity contribution in [1.29, 1.82) is 0 Å². The fourth-order valence-corrected chi connectivity index (χ4v) is 4.48. The molecule has 4 N–H and O–H groups in total. The van der Waals surface area contributed by atoms with Gasteiger partial charge in [-0.05, 0) is 30.2 Å². The maximum absolute atomic E-state index is 11.4. The molecule has 3 rings (SSSR count). The van der Waals surface area contributed by atoms with E-state index in [2.05, 4.69) is 10.2 Å². The molecular formula is C14H16BN3O4S2. The number of aromatic nitrogens is 2. The molecule has 2 heterocycles. The van der Waals surface area contributed by atoms with Crippen molar-refractivity contribution < 1.29 is 19.6 Å². The SMILES string of the molecule is Cc1ccc2c(c1C(=O)O)OB(O)[C@@H](SCCc1nnc(N)s1)C2. The average molecular weight is 365 g/mol. The van der Waals surface area contributed by atoms with Crippen LogP contribution in [0.5, 0.6) is 5.75 Å². The Kier molecular flexibility index (Phi) is 4.97. The zero-order chi connectivity index (χ0) is 17.3. The van der Waals surface area contributed by atoms with Gasteiger partial charge in [-0.25, -0.2) is 4.79 Å². The molecule has 1 aliphatic heterocycles. The number of hydrogen-bond donors (Lipinski definition) is 3. The van der Waals surface area contributed by atoms with E-state index in [1.807, 2.05) is 6.07 Å². The summed E-state index contributed by atoms with van der Waals surface area (Å²) in [5.41, 5.74) is 7.10. The van der Waals surface area contributed by atoms with Crippen LogP contribution in [0.2, 0.25) is 0 Å². The molecule has 1 aliphatic rings. The van der Waals surface area contributed by atoms with E-state index in [1.54, 1.807) is 24.8 Å². The average Bonchev–Trinajstić information content (AvgIpc) is 2.93. The van der Waals surface area contributed by atoms with Crippen LogP contribution in [0.1, 0.15) is 26.5 Å². The van der Waals surface area contributed by atoms with Crippen LogP contribution in [-0.4, -0.2) is 44.3 Å². The lowest BCUT2D eigenvalue weighted by Gasteiger charge is -2.28. The van der Waals surface area contributed by atoms with Crippen LogP contribution in [-0.2, 0) is 12.8 Å². The number of benzene rings is 1. The van der Waals surface area contributed by atoms with Crippen LogP contribution in [0.15, 0.2) is 12.1 Å². The summed E-state index contributed by atoms with van der Waals surface area (Å²) in [6, 6.07) is 3.64. The first-order chi connectivity index (χ1) is 11.5. The quantitative estimate of drug-likeness (QED) is 0.681. The third-order valence-electron chi connectivity index (χ3n) is 3.77. The van der Waals surface area contributed by atoms with Gasteiger partial charge in [0.25, 0.3) is 0 Å². The van der Waals surface area contributed by atoms with Crippen molar-refractivity contribution >= 4 is 41.3 Å². The molecule has 10 heteroatoms. The first-order valence-corrected chi connectivity index (χ1v) is 9.22. The summed E-state index contributed by atoms with van der Waals surface area (Å²) in [5, 5.41) is 28.5. The predicted molar refractivity (Wildman–Crippen MR) is 94.7 cm³/mol. The van der Waals surface area contributed by atoms with Gasteiger partial charge in [-0.15, -0.1) is 10.2 Å². The van der Waals surface area contributed by atoms with Gasteiger partial charge in [0.15, 0.2) is 0 Å². The standard InChI is InChI=1S/C14H16BN3O4S2/c1-7-2-3-8-6-9(15(21)22-12(8)11(7)13(19)20)23-5-4-10-17-18-14(16)24-10/h2-3,9,21H,4-6H2,1H3,(H2,16,18)(H,19,20)/t9-/m0/s1. The highest BCUT2D eigenvalue weighted by atomic mass is 32.2. The molecule has 0 fully saturated rings. The molecule has 1 aromatic heterocycles. The first-order valence-electron chi connectivity index (χ1n) is 7.35. The second-order valence-electron chi connectivity index (χ2n) is 5.46. The van der Waals surface area contributed by atoms with Gasteiger partial charge in [0.1, 0.15) is 16.3 Å². The van der Waals surface area contributed by atoms with Gasteiger partial charge in [0.05, 0.1) is 5.15 Å².